The molecule has 1 rings (SSSR count). The number of pyridine rings is 1. The van der Waals surface area contributed by atoms with Crippen molar-refractivity contribution in [3.63, 3.8) is 0 Å². The van der Waals surface area contributed by atoms with Gasteiger partial charge in [0.2, 0.25) is 5.56 Å². The maximum Gasteiger partial charge on any atom is 0.250 e. The van der Waals surface area contributed by atoms with Gasteiger partial charge in [-0.2, -0.15) is 0 Å². The van der Waals surface area contributed by atoms with E-state index in [9.17, 15) is 4.79 Å². The van der Waals surface area contributed by atoms with Gasteiger partial charge in [-0.05, 0) is 18.9 Å². The van der Waals surface area contributed by atoms with Crippen LogP contribution in [0.3, 0.4) is 0 Å². The van der Waals surface area contributed by atoms with Crippen LogP contribution in [0.4, 0.5) is 0 Å². The third-order valence-corrected chi connectivity index (χ3v) is 2.35. The van der Waals surface area contributed by atoms with Gasteiger partial charge >= 0.3 is 0 Å². The summed E-state index contributed by atoms with van der Waals surface area (Å²) in [5.41, 5.74) is 0.0504. The molecule has 1 aromatic heterocycles. The second-order valence-electron chi connectivity index (χ2n) is 3.75. The summed E-state index contributed by atoms with van der Waals surface area (Å²) < 4.78 is 1.71. The number of aromatic nitrogens is 1. The van der Waals surface area contributed by atoms with Crippen LogP contribution in [0, 0.1) is 24.2 Å². The molecule has 2 heteroatoms. The third kappa shape index (κ3) is 5.64. The molecule has 88 valence electrons. The minimum absolute atomic E-state index is 0.0504. The van der Waals surface area contributed by atoms with Crippen molar-refractivity contribution in [1.82, 2.24) is 4.57 Å². The molecule has 17 heavy (non-hydrogen) atoms. The summed E-state index contributed by atoms with van der Waals surface area (Å²) in [7, 11) is 0. The van der Waals surface area contributed by atoms with Gasteiger partial charge in [-0.3, -0.25) is 4.79 Å². The number of rotatable bonds is 5. The van der Waals surface area contributed by atoms with Crippen molar-refractivity contribution in [2.75, 3.05) is 0 Å². The Kier molecular flexibility index (Phi) is 6.37. The van der Waals surface area contributed by atoms with E-state index in [0.717, 1.165) is 38.6 Å². The van der Waals surface area contributed by atoms with E-state index in [1.54, 1.807) is 16.7 Å². The molecule has 0 aliphatic rings. The zero-order valence-corrected chi connectivity index (χ0v) is 9.98. The fourth-order valence-electron chi connectivity index (χ4n) is 1.44. The highest BCUT2D eigenvalue weighted by Gasteiger charge is 1.91. The lowest BCUT2D eigenvalue weighted by Gasteiger charge is -2.01. The molecule has 1 aromatic rings. The summed E-state index contributed by atoms with van der Waals surface area (Å²) in [6.45, 7) is 0.735. The van der Waals surface area contributed by atoms with Gasteiger partial charge in [-0.1, -0.05) is 6.07 Å². The van der Waals surface area contributed by atoms with E-state index in [1.165, 1.54) is 0 Å². The van der Waals surface area contributed by atoms with Gasteiger partial charge in [-0.25, -0.2) is 0 Å². The zero-order valence-electron chi connectivity index (χ0n) is 9.98. The smallest absolute Gasteiger partial charge is 0.250 e. The van der Waals surface area contributed by atoms with E-state index in [1.807, 2.05) is 12.3 Å². The molecule has 0 atom stereocenters. The highest BCUT2D eigenvalue weighted by Crippen LogP contribution is 1.94. The lowest BCUT2D eigenvalue weighted by atomic mass is 10.2. The Morgan fingerprint density at radius 2 is 1.88 bits per heavy atom. The van der Waals surface area contributed by atoms with E-state index in [4.69, 9.17) is 6.42 Å². The Hall–Kier alpha value is -1.93. The minimum Gasteiger partial charge on any atom is -0.316 e. The van der Waals surface area contributed by atoms with Gasteiger partial charge < -0.3 is 4.57 Å². The van der Waals surface area contributed by atoms with Crippen LogP contribution in [0.1, 0.15) is 32.1 Å². The first-order valence-corrected chi connectivity index (χ1v) is 5.89. The number of hydrogen-bond acceptors (Lipinski definition) is 1. The molecule has 0 amide bonds. The Bertz CT molecular complexity index is 482. The van der Waals surface area contributed by atoms with E-state index < -0.39 is 0 Å². The Morgan fingerprint density at radius 1 is 1.12 bits per heavy atom. The number of unbranched alkanes of at least 4 members (excludes halogenated alkanes) is 3. The molecule has 0 aromatic carbocycles. The van der Waals surface area contributed by atoms with Crippen molar-refractivity contribution < 1.29 is 0 Å². The van der Waals surface area contributed by atoms with Crippen LogP contribution in [0.15, 0.2) is 29.2 Å². The fourth-order valence-corrected chi connectivity index (χ4v) is 1.44. The molecule has 0 saturated heterocycles. The first kappa shape index (κ1) is 13.1. The maximum atomic E-state index is 11.4. The quantitative estimate of drug-likeness (QED) is 0.559. The van der Waals surface area contributed by atoms with E-state index in [2.05, 4.69) is 17.8 Å². The molecule has 0 unspecified atom stereocenters. The molecule has 0 spiro atoms. The first-order chi connectivity index (χ1) is 8.34. The van der Waals surface area contributed by atoms with Crippen LogP contribution in [-0.2, 0) is 6.54 Å². The molecule has 2 nitrogen and oxygen atoms in total. The summed E-state index contributed by atoms with van der Waals surface area (Å²) in [5.74, 6) is 8.78. The topological polar surface area (TPSA) is 22.0 Å². The van der Waals surface area contributed by atoms with Crippen LogP contribution < -0.4 is 5.56 Å². The van der Waals surface area contributed by atoms with Gasteiger partial charge in [0.25, 0.3) is 0 Å². The summed E-state index contributed by atoms with van der Waals surface area (Å²) in [6, 6.07) is 5.20. The van der Waals surface area contributed by atoms with Crippen molar-refractivity contribution in [2.45, 2.75) is 38.6 Å². The van der Waals surface area contributed by atoms with Gasteiger partial charge in [0.1, 0.15) is 0 Å². The standard InChI is InChI=1S/C15H17NO/c1-2-3-4-5-6-7-8-10-13-16-14-11-9-12-15(16)17/h1,9,11-12,14H,3-5,8,10,13H2. The van der Waals surface area contributed by atoms with Crippen molar-refractivity contribution in [1.29, 1.82) is 0 Å². The van der Waals surface area contributed by atoms with Gasteiger partial charge in [0.15, 0.2) is 0 Å². The molecule has 0 aliphatic carbocycles. The average molecular weight is 227 g/mol. The van der Waals surface area contributed by atoms with Crippen LogP contribution in [0.25, 0.3) is 0 Å². The molecule has 0 aliphatic heterocycles. The monoisotopic (exact) mass is 227 g/mol. The molecule has 0 bridgehead atoms. The predicted octanol–water partition coefficient (Wildman–Crippen LogP) is 2.44. The fraction of sp³-hybridized carbons (Fsp3) is 0.400. The number of hydrogen-bond donors (Lipinski definition) is 0. The lowest BCUT2D eigenvalue weighted by molar-refractivity contribution is 0.633. The molecular formula is C15H17NO. The second-order valence-corrected chi connectivity index (χ2v) is 3.75. The maximum absolute atomic E-state index is 11.4. The second kappa shape index (κ2) is 8.25. The van der Waals surface area contributed by atoms with Gasteiger partial charge in [-0.15, -0.1) is 24.2 Å². The minimum atomic E-state index is 0.0504. The zero-order chi connectivity index (χ0) is 12.3. The normalized spacial score (nSPS) is 9.12. The molecular weight excluding hydrogens is 210 g/mol. The van der Waals surface area contributed by atoms with E-state index >= 15 is 0 Å². The molecule has 0 radical (unpaired) electrons. The Labute approximate surface area is 103 Å². The predicted molar refractivity (Wildman–Crippen MR) is 70.4 cm³/mol. The van der Waals surface area contributed by atoms with Crippen LogP contribution in [-0.4, -0.2) is 4.57 Å². The first-order valence-electron chi connectivity index (χ1n) is 5.89. The highest BCUT2D eigenvalue weighted by atomic mass is 16.1. The summed E-state index contributed by atoms with van der Waals surface area (Å²) >= 11 is 0. The van der Waals surface area contributed by atoms with Crippen molar-refractivity contribution in [3.8, 4) is 24.2 Å². The Morgan fingerprint density at radius 3 is 2.59 bits per heavy atom. The van der Waals surface area contributed by atoms with Crippen LogP contribution >= 0.6 is 0 Å². The van der Waals surface area contributed by atoms with E-state index in [-0.39, 0.29) is 5.56 Å². The molecule has 0 fully saturated rings. The average Bonchev–Trinajstić information content (AvgIpc) is 2.35. The summed E-state index contributed by atoms with van der Waals surface area (Å²) in [5, 5.41) is 0. The van der Waals surface area contributed by atoms with Crippen molar-refractivity contribution in [3.05, 3.63) is 34.7 Å². The van der Waals surface area contributed by atoms with Crippen LogP contribution in [0.2, 0.25) is 0 Å². The Balaban J connectivity index is 2.19. The summed E-state index contributed by atoms with van der Waals surface area (Å²) in [6.07, 6.45) is 11.3. The molecule has 1 heterocycles. The third-order valence-electron chi connectivity index (χ3n) is 2.35. The van der Waals surface area contributed by atoms with Crippen molar-refractivity contribution in [2.24, 2.45) is 0 Å². The van der Waals surface area contributed by atoms with Crippen LogP contribution in [0.5, 0.6) is 0 Å². The molecule has 0 saturated carbocycles. The van der Waals surface area contributed by atoms with Gasteiger partial charge in [0, 0.05) is 38.1 Å². The number of aryl methyl sites for hydroxylation is 1. The lowest BCUT2D eigenvalue weighted by Crippen LogP contribution is -2.17. The molecule has 0 N–H and O–H groups in total. The highest BCUT2D eigenvalue weighted by molar-refractivity contribution is 5.00. The number of terminal acetylenes is 1. The number of nitrogens with zero attached hydrogens (tertiary/aromatic N) is 1. The van der Waals surface area contributed by atoms with Gasteiger partial charge in [0.05, 0.1) is 0 Å². The largest absolute Gasteiger partial charge is 0.316 e. The van der Waals surface area contributed by atoms with Crippen molar-refractivity contribution >= 4 is 0 Å². The van der Waals surface area contributed by atoms with E-state index in [0.29, 0.717) is 0 Å². The summed E-state index contributed by atoms with van der Waals surface area (Å²) in [4.78, 5) is 11.4. The SMILES string of the molecule is C#CCCCC#CCCCn1ccccc1=O.